The van der Waals surface area contributed by atoms with Crippen molar-refractivity contribution in [2.45, 2.75) is 46.4 Å². The van der Waals surface area contributed by atoms with Gasteiger partial charge in [-0.3, -0.25) is 0 Å². The third kappa shape index (κ3) is 3.71. The first kappa shape index (κ1) is 14.4. The molecule has 1 aromatic carbocycles. The first-order valence-corrected chi connectivity index (χ1v) is 7.26. The molecular weight excluding hydrogens is 236 g/mol. The zero-order valence-electron chi connectivity index (χ0n) is 12.6. The monoisotopic (exact) mass is 262 g/mol. The van der Waals surface area contributed by atoms with Crippen LogP contribution in [0.4, 0.5) is 5.69 Å². The van der Waals surface area contributed by atoms with Gasteiger partial charge in [0.25, 0.3) is 0 Å². The van der Waals surface area contributed by atoms with Gasteiger partial charge < -0.3 is 15.0 Å². The van der Waals surface area contributed by atoms with Gasteiger partial charge in [0, 0.05) is 31.4 Å². The second-order valence-corrected chi connectivity index (χ2v) is 5.73. The van der Waals surface area contributed by atoms with Crippen LogP contribution in [0, 0.1) is 6.92 Å². The van der Waals surface area contributed by atoms with Gasteiger partial charge in [0.15, 0.2) is 0 Å². The molecule has 1 atom stereocenters. The van der Waals surface area contributed by atoms with Crippen LogP contribution in [-0.2, 0) is 11.3 Å². The van der Waals surface area contributed by atoms with Gasteiger partial charge in [-0.1, -0.05) is 18.2 Å². The molecule has 0 spiro atoms. The molecule has 1 unspecified atom stereocenters. The number of hydrogen-bond acceptors (Lipinski definition) is 3. The molecule has 0 amide bonds. The predicted octanol–water partition coefficient (Wildman–Crippen LogP) is 2.72. The highest BCUT2D eigenvalue weighted by Crippen LogP contribution is 2.27. The summed E-state index contributed by atoms with van der Waals surface area (Å²) < 4.78 is 5.71. The Labute approximate surface area is 116 Å². The molecule has 0 saturated carbocycles. The SMILES string of the molecule is Cc1cccc2c1N(CCOC(C)C)CC(C)NC2. The molecule has 1 aromatic rings. The van der Waals surface area contributed by atoms with E-state index in [2.05, 4.69) is 56.1 Å². The van der Waals surface area contributed by atoms with Crippen molar-refractivity contribution in [1.29, 1.82) is 0 Å². The summed E-state index contributed by atoms with van der Waals surface area (Å²) in [7, 11) is 0. The summed E-state index contributed by atoms with van der Waals surface area (Å²) in [4.78, 5) is 2.47. The maximum atomic E-state index is 5.71. The lowest BCUT2D eigenvalue weighted by Gasteiger charge is -2.28. The van der Waals surface area contributed by atoms with Gasteiger partial charge >= 0.3 is 0 Å². The van der Waals surface area contributed by atoms with Crippen LogP contribution in [0.5, 0.6) is 0 Å². The number of nitrogens with zero attached hydrogens (tertiary/aromatic N) is 1. The number of benzene rings is 1. The van der Waals surface area contributed by atoms with Crippen LogP contribution in [0.25, 0.3) is 0 Å². The molecule has 3 nitrogen and oxygen atoms in total. The van der Waals surface area contributed by atoms with Crippen molar-refractivity contribution in [3.8, 4) is 0 Å². The Hall–Kier alpha value is -1.06. The van der Waals surface area contributed by atoms with Gasteiger partial charge in [-0.15, -0.1) is 0 Å². The van der Waals surface area contributed by atoms with Gasteiger partial charge in [-0.05, 0) is 38.8 Å². The Balaban J connectivity index is 2.16. The average molecular weight is 262 g/mol. The van der Waals surface area contributed by atoms with E-state index in [9.17, 15) is 0 Å². The third-order valence-corrected chi connectivity index (χ3v) is 3.59. The fourth-order valence-electron chi connectivity index (χ4n) is 2.69. The second-order valence-electron chi connectivity index (χ2n) is 5.73. The highest BCUT2D eigenvalue weighted by Gasteiger charge is 2.20. The molecule has 19 heavy (non-hydrogen) atoms. The largest absolute Gasteiger partial charge is 0.377 e. The zero-order valence-corrected chi connectivity index (χ0v) is 12.6. The number of anilines is 1. The van der Waals surface area contributed by atoms with E-state index in [1.165, 1.54) is 16.8 Å². The molecule has 1 N–H and O–H groups in total. The molecule has 0 radical (unpaired) electrons. The van der Waals surface area contributed by atoms with Crippen molar-refractivity contribution in [1.82, 2.24) is 5.32 Å². The topological polar surface area (TPSA) is 24.5 Å². The normalized spacial score (nSPS) is 19.4. The van der Waals surface area contributed by atoms with Gasteiger partial charge in [-0.25, -0.2) is 0 Å². The molecule has 1 heterocycles. The van der Waals surface area contributed by atoms with E-state index in [0.717, 1.165) is 26.2 Å². The van der Waals surface area contributed by atoms with Crippen LogP contribution in [0.1, 0.15) is 31.9 Å². The summed E-state index contributed by atoms with van der Waals surface area (Å²) in [5.74, 6) is 0. The molecule has 0 fully saturated rings. The van der Waals surface area contributed by atoms with Crippen molar-refractivity contribution >= 4 is 5.69 Å². The van der Waals surface area contributed by atoms with E-state index in [4.69, 9.17) is 4.74 Å². The van der Waals surface area contributed by atoms with Crippen molar-refractivity contribution < 1.29 is 4.74 Å². The number of fused-ring (bicyclic) bond motifs is 1. The van der Waals surface area contributed by atoms with E-state index in [-0.39, 0.29) is 0 Å². The molecule has 2 rings (SSSR count). The predicted molar refractivity (Wildman–Crippen MR) is 80.8 cm³/mol. The molecule has 0 bridgehead atoms. The molecule has 0 aromatic heterocycles. The molecule has 1 aliphatic heterocycles. The quantitative estimate of drug-likeness (QED) is 0.903. The van der Waals surface area contributed by atoms with Crippen LogP contribution >= 0.6 is 0 Å². The second kappa shape index (κ2) is 6.40. The Morgan fingerprint density at radius 3 is 2.95 bits per heavy atom. The summed E-state index contributed by atoms with van der Waals surface area (Å²) in [6.07, 6.45) is 0.305. The highest BCUT2D eigenvalue weighted by atomic mass is 16.5. The average Bonchev–Trinajstić information content (AvgIpc) is 2.50. The zero-order chi connectivity index (χ0) is 13.8. The lowest BCUT2D eigenvalue weighted by atomic mass is 10.1. The first-order valence-electron chi connectivity index (χ1n) is 7.26. The fourth-order valence-corrected chi connectivity index (χ4v) is 2.69. The van der Waals surface area contributed by atoms with Crippen molar-refractivity contribution in [3.05, 3.63) is 29.3 Å². The van der Waals surface area contributed by atoms with Crippen molar-refractivity contribution in [3.63, 3.8) is 0 Å². The van der Waals surface area contributed by atoms with Crippen molar-refractivity contribution in [2.75, 3.05) is 24.6 Å². The van der Waals surface area contributed by atoms with E-state index >= 15 is 0 Å². The minimum atomic E-state index is 0.305. The van der Waals surface area contributed by atoms with Crippen LogP contribution in [0.15, 0.2) is 18.2 Å². The number of hydrogen-bond donors (Lipinski definition) is 1. The highest BCUT2D eigenvalue weighted by molar-refractivity contribution is 5.60. The summed E-state index contributed by atoms with van der Waals surface area (Å²) in [6.45, 7) is 12.4. The van der Waals surface area contributed by atoms with Crippen LogP contribution in [-0.4, -0.2) is 31.8 Å². The fraction of sp³-hybridized carbons (Fsp3) is 0.625. The summed E-state index contributed by atoms with van der Waals surface area (Å²) in [5, 5.41) is 3.57. The van der Waals surface area contributed by atoms with Gasteiger partial charge in [-0.2, -0.15) is 0 Å². The number of rotatable bonds is 4. The summed E-state index contributed by atoms with van der Waals surface area (Å²) in [6, 6.07) is 7.08. The number of para-hydroxylation sites is 1. The van der Waals surface area contributed by atoms with Gasteiger partial charge in [0.05, 0.1) is 12.7 Å². The molecule has 0 saturated heterocycles. The number of aryl methyl sites for hydroxylation is 1. The van der Waals surface area contributed by atoms with Crippen LogP contribution in [0.2, 0.25) is 0 Å². The Morgan fingerprint density at radius 2 is 2.21 bits per heavy atom. The van der Waals surface area contributed by atoms with Gasteiger partial charge in [0.1, 0.15) is 0 Å². The smallest absolute Gasteiger partial charge is 0.0645 e. The lowest BCUT2D eigenvalue weighted by Crippen LogP contribution is -2.38. The van der Waals surface area contributed by atoms with Crippen molar-refractivity contribution in [2.24, 2.45) is 0 Å². The molecule has 1 aliphatic rings. The lowest BCUT2D eigenvalue weighted by molar-refractivity contribution is 0.0839. The number of nitrogens with one attached hydrogen (secondary N) is 1. The summed E-state index contributed by atoms with van der Waals surface area (Å²) >= 11 is 0. The van der Waals surface area contributed by atoms with Crippen LogP contribution < -0.4 is 10.2 Å². The van der Waals surface area contributed by atoms with E-state index < -0.39 is 0 Å². The number of ether oxygens (including phenoxy) is 1. The summed E-state index contributed by atoms with van der Waals surface area (Å²) in [5.41, 5.74) is 4.15. The first-order chi connectivity index (χ1) is 9.08. The van der Waals surface area contributed by atoms with E-state index in [0.29, 0.717) is 12.1 Å². The van der Waals surface area contributed by atoms with E-state index in [1.807, 2.05) is 0 Å². The minimum absolute atomic E-state index is 0.305. The molecular formula is C16H26N2O. The molecule has 0 aliphatic carbocycles. The van der Waals surface area contributed by atoms with Gasteiger partial charge in [0.2, 0.25) is 0 Å². The van der Waals surface area contributed by atoms with Crippen LogP contribution in [0.3, 0.4) is 0 Å². The maximum Gasteiger partial charge on any atom is 0.0645 e. The molecule has 3 heteroatoms. The van der Waals surface area contributed by atoms with E-state index in [1.54, 1.807) is 0 Å². The Morgan fingerprint density at radius 1 is 1.42 bits per heavy atom. The minimum Gasteiger partial charge on any atom is -0.377 e. The maximum absolute atomic E-state index is 5.71. The standard InChI is InChI=1S/C16H26N2O/c1-12(2)19-9-8-18-11-14(4)17-10-15-7-5-6-13(3)16(15)18/h5-7,12,14,17H,8-11H2,1-4H3. The Bertz CT molecular complexity index is 417. The third-order valence-electron chi connectivity index (χ3n) is 3.59. The molecule has 106 valence electrons. The Kier molecular flexibility index (Phi) is 4.83.